The lowest BCUT2D eigenvalue weighted by Crippen LogP contribution is -2.30. The number of carboxylic acid groups (broad SMARTS) is 1. The van der Waals surface area contributed by atoms with Gasteiger partial charge in [-0.15, -0.1) is 0 Å². The molecule has 0 radical (unpaired) electrons. The lowest BCUT2D eigenvalue weighted by Gasteiger charge is -2.19. The van der Waals surface area contributed by atoms with E-state index in [0.29, 0.717) is 23.8 Å². The van der Waals surface area contributed by atoms with E-state index >= 15 is 0 Å². The highest BCUT2D eigenvalue weighted by Crippen LogP contribution is 2.24. The summed E-state index contributed by atoms with van der Waals surface area (Å²) < 4.78 is 5.18. The van der Waals surface area contributed by atoms with Gasteiger partial charge in [0.05, 0.1) is 12.8 Å². The van der Waals surface area contributed by atoms with Gasteiger partial charge in [0.15, 0.2) is 0 Å². The molecule has 0 aromatic heterocycles. The van der Waals surface area contributed by atoms with Gasteiger partial charge >= 0.3 is 5.97 Å². The summed E-state index contributed by atoms with van der Waals surface area (Å²) in [7, 11) is 1.57. The van der Waals surface area contributed by atoms with Crippen molar-refractivity contribution in [1.29, 1.82) is 0 Å². The van der Waals surface area contributed by atoms with Gasteiger partial charge in [0.2, 0.25) is 0 Å². The van der Waals surface area contributed by atoms with Crippen LogP contribution < -0.4 is 10.1 Å². The van der Waals surface area contributed by atoms with Gasteiger partial charge in [0.1, 0.15) is 11.8 Å². The van der Waals surface area contributed by atoms with Crippen LogP contribution in [0.2, 0.25) is 0 Å². The van der Waals surface area contributed by atoms with Crippen molar-refractivity contribution < 1.29 is 14.6 Å². The number of nitrogens with one attached hydrogen (secondary N) is 1. The van der Waals surface area contributed by atoms with Crippen molar-refractivity contribution in [3.8, 4) is 5.75 Å². The van der Waals surface area contributed by atoms with E-state index in [9.17, 15) is 4.79 Å². The molecule has 94 valence electrons. The number of anilines is 1. The molecule has 1 unspecified atom stereocenters. The average molecular weight is 237 g/mol. The Morgan fingerprint density at radius 3 is 2.59 bits per heavy atom. The SMILES string of the molecule is COc1ccccc1NC(CC(C)C)C(=O)O. The molecule has 0 spiro atoms. The van der Waals surface area contributed by atoms with Crippen LogP contribution in [-0.2, 0) is 4.79 Å². The van der Waals surface area contributed by atoms with Crippen molar-refractivity contribution in [2.24, 2.45) is 5.92 Å². The minimum Gasteiger partial charge on any atom is -0.495 e. The van der Waals surface area contributed by atoms with Crippen LogP contribution in [0.1, 0.15) is 20.3 Å². The number of methoxy groups -OCH3 is 1. The molecule has 0 aliphatic heterocycles. The second-order valence-corrected chi connectivity index (χ2v) is 4.36. The zero-order chi connectivity index (χ0) is 12.8. The van der Waals surface area contributed by atoms with E-state index in [2.05, 4.69) is 5.32 Å². The Bertz CT molecular complexity index is 377. The molecule has 0 saturated carbocycles. The Labute approximate surface area is 102 Å². The Kier molecular flexibility index (Phi) is 4.82. The highest BCUT2D eigenvalue weighted by molar-refractivity contribution is 5.78. The number of para-hydroxylation sites is 2. The standard InChI is InChI=1S/C13H19NO3/c1-9(2)8-11(13(15)16)14-10-6-4-5-7-12(10)17-3/h4-7,9,11,14H,8H2,1-3H3,(H,15,16). The summed E-state index contributed by atoms with van der Waals surface area (Å²) >= 11 is 0. The predicted molar refractivity (Wildman–Crippen MR) is 67.5 cm³/mol. The molecule has 1 aromatic carbocycles. The highest BCUT2D eigenvalue weighted by atomic mass is 16.5. The minimum atomic E-state index is -0.843. The molecule has 1 atom stereocenters. The molecule has 0 fully saturated rings. The molecule has 0 heterocycles. The summed E-state index contributed by atoms with van der Waals surface area (Å²) in [5, 5.41) is 12.1. The van der Waals surface area contributed by atoms with Gasteiger partial charge in [-0.05, 0) is 24.5 Å². The number of benzene rings is 1. The molecule has 4 nitrogen and oxygen atoms in total. The molecule has 1 aromatic rings. The quantitative estimate of drug-likeness (QED) is 0.798. The molecule has 0 bridgehead atoms. The first-order chi connectivity index (χ1) is 8.04. The number of hydrogen-bond donors (Lipinski definition) is 2. The number of rotatable bonds is 6. The van der Waals surface area contributed by atoms with Crippen LogP contribution >= 0.6 is 0 Å². The van der Waals surface area contributed by atoms with Crippen LogP contribution in [0.15, 0.2) is 24.3 Å². The Morgan fingerprint density at radius 2 is 2.06 bits per heavy atom. The predicted octanol–water partition coefficient (Wildman–Crippen LogP) is 2.61. The zero-order valence-electron chi connectivity index (χ0n) is 10.4. The minimum absolute atomic E-state index is 0.318. The first kappa shape index (κ1) is 13.4. The number of aliphatic carboxylic acids is 1. The summed E-state index contributed by atoms with van der Waals surface area (Å²) in [6.45, 7) is 4.00. The van der Waals surface area contributed by atoms with Gasteiger partial charge in [-0.2, -0.15) is 0 Å². The molecule has 0 aliphatic carbocycles. The van der Waals surface area contributed by atoms with Crippen LogP contribution in [0.4, 0.5) is 5.69 Å². The van der Waals surface area contributed by atoms with Gasteiger partial charge in [-0.3, -0.25) is 0 Å². The highest BCUT2D eigenvalue weighted by Gasteiger charge is 2.19. The second-order valence-electron chi connectivity index (χ2n) is 4.36. The number of carbonyl (C=O) groups is 1. The molecule has 0 aliphatic rings. The molecule has 2 N–H and O–H groups in total. The van der Waals surface area contributed by atoms with Crippen LogP contribution in [0.3, 0.4) is 0 Å². The van der Waals surface area contributed by atoms with Crippen molar-refractivity contribution >= 4 is 11.7 Å². The third-order valence-electron chi connectivity index (χ3n) is 2.44. The molecule has 17 heavy (non-hydrogen) atoms. The maximum Gasteiger partial charge on any atom is 0.326 e. The lowest BCUT2D eigenvalue weighted by atomic mass is 10.0. The van der Waals surface area contributed by atoms with Crippen molar-refractivity contribution in [3.05, 3.63) is 24.3 Å². The molecule has 1 rings (SSSR count). The summed E-state index contributed by atoms with van der Waals surface area (Å²) in [6, 6.07) is 6.72. The van der Waals surface area contributed by atoms with Gasteiger partial charge in [-0.25, -0.2) is 4.79 Å². The molecule has 4 heteroatoms. The van der Waals surface area contributed by atoms with Gasteiger partial charge in [-0.1, -0.05) is 26.0 Å². The van der Waals surface area contributed by atoms with E-state index in [4.69, 9.17) is 9.84 Å². The number of ether oxygens (including phenoxy) is 1. The Balaban J connectivity index is 2.82. The monoisotopic (exact) mass is 237 g/mol. The fraction of sp³-hybridized carbons (Fsp3) is 0.462. The van der Waals surface area contributed by atoms with Crippen LogP contribution in [0, 0.1) is 5.92 Å². The van der Waals surface area contributed by atoms with Crippen LogP contribution in [-0.4, -0.2) is 24.2 Å². The fourth-order valence-corrected chi connectivity index (χ4v) is 1.64. The van der Waals surface area contributed by atoms with E-state index in [0.717, 1.165) is 0 Å². The number of hydrogen-bond acceptors (Lipinski definition) is 3. The van der Waals surface area contributed by atoms with Crippen LogP contribution in [0.25, 0.3) is 0 Å². The third-order valence-corrected chi connectivity index (χ3v) is 2.44. The average Bonchev–Trinajstić information content (AvgIpc) is 2.28. The van der Waals surface area contributed by atoms with Crippen LogP contribution in [0.5, 0.6) is 5.75 Å². The largest absolute Gasteiger partial charge is 0.495 e. The van der Waals surface area contributed by atoms with Crippen molar-refractivity contribution in [3.63, 3.8) is 0 Å². The third kappa shape index (κ3) is 3.98. The van der Waals surface area contributed by atoms with Crippen molar-refractivity contribution in [2.45, 2.75) is 26.3 Å². The lowest BCUT2D eigenvalue weighted by molar-refractivity contribution is -0.138. The summed E-state index contributed by atoms with van der Waals surface area (Å²) in [5.74, 6) is 0.130. The van der Waals surface area contributed by atoms with E-state index in [1.54, 1.807) is 13.2 Å². The normalized spacial score (nSPS) is 12.2. The summed E-state index contributed by atoms with van der Waals surface area (Å²) in [6.07, 6.45) is 0.577. The van der Waals surface area contributed by atoms with E-state index in [1.165, 1.54) is 0 Å². The Morgan fingerprint density at radius 1 is 1.41 bits per heavy atom. The smallest absolute Gasteiger partial charge is 0.326 e. The van der Waals surface area contributed by atoms with E-state index in [1.807, 2.05) is 32.0 Å². The first-order valence-electron chi connectivity index (χ1n) is 5.67. The molecular weight excluding hydrogens is 218 g/mol. The van der Waals surface area contributed by atoms with Gasteiger partial charge < -0.3 is 15.2 Å². The van der Waals surface area contributed by atoms with E-state index in [-0.39, 0.29) is 0 Å². The second kappa shape index (κ2) is 6.13. The fourth-order valence-electron chi connectivity index (χ4n) is 1.64. The topological polar surface area (TPSA) is 58.6 Å². The van der Waals surface area contributed by atoms with Crippen molar-refractivity contribution in [2.75, 3.05) is 12.4 Å². The molecular formula is C13H19NO3. The van der Waals surface area contributed by atoms with Gasteiger partial charge in [0, 0.05) is 0 Å². The first-order valence-corrected chi connectivity index (χ1v) is 5.67. The molecule has 0 saturated heterocycles. The maximum atomic E-state index is 11.1. The maximum absolute atomic E-state index is 11.1. The molecule has 0 amide bonds. The summed E-state index contributed by atoms with van der Waals surface area (Å²) in [4.78, 5) is 11.1. The van der Waals surface area contributed by atoms with E-state index < -0.39 is 12.0 Å². The van der Waals surface area contributed by atoms with Crippen molar-refractivity contribution in [1.82, 2.24) is 0 Å². The zero-order valence-corrected chi connectivity index (χ0v) is 10.4. The Hall–Kier alpha value is -1.71. The summed E-state index contributed by atoms with van der Waals surface area (Å²) in [5.41, 5.74) is 0.711. The number of carboxylic acids is 1. The van der Waals surface area contributed by atoms with Gasteiger partial charge in [0.25, 0.3) is 0 Å².